The number of amides is 1. The summed E-state index contributed by atoms with van der Waals surface area (Å²) in [5, 5.41) is 3.13. The van der Waals surface area contributed by atoms with Crippen molar-refractivity contribution in [2.45, 2.75) is 26.7 Å². The number of carbonyl (C=O) groups excluding carboxylic acids is 1. The topological polar surface area (TPSA) is 75.3 Å². The van der Waals surface area contributed by atoms with Gasteiger partial charge in [0.25, 0.3) is 5.91 Å². The smallest absolute Gasteiger partial charge is 0.255 e. The van der Waals surface area contributed by atoms with Crippen molar-refractivity contribution in [3.63, 3.8) is 0 Å². The predicted octanol–water partition coefficient (Wildman–Crippen LogP) is 5.20. The number of ether oxygens (including phenoxy) is 5. The number of halogens is 1. The highest BCUT2D eigenvalue weighted by Crippen LogP contribution is 2.40. The SMILES string of the molecule is CCCCOc1c(Cl)cc(C(=O)Nc2cc(OC)c(OC)c(OC)c2)cc1OCC. The molecule has 0 radical (unpaired) electrons. The van der Waals surface area contributed by atoms with Gasteiger partial charge < -0.3 is 29.0 Å². The molecule has 2 rings (SSSR count). The van der Waals surface area contributed by atoms with E-state index in [9.17, 15) is 4.79 Å². The van der Waals surface area contributed by atoms with E-state index in [0.717, 1.165) is 12.8 Å². The van der Waals surface area contributed by atoms with E-state index in [-0.39, 0.29) is 5.91 Å². The Hall–Kier alpha value is -2.80. The van der Waals surface area contributed by atoms with Crippen LogP contribution in [0.4, 0.5) is 5.69 Å². The van der Waals surface area contributed by atoms with E-state index < -0.39 is 0 Å². The lowest BCUT2D eigenvalue weighted by Crippen LogP contribution is -2.13. The summed E-state index contributed by atoms with van der Waals surface area (Å²) in [7, 11) is 4.53. The van der Waals surface area contributed by atoms with Crippen LogP contribution in [0.3, 0.4) is 0 Å². The Bertz CT molecular complexity index is 846. The van der Waals surface area contributed by atoms with Crippen LogP contribution in [0.2, 0.25) is 5.02 Å². The highest BCUT2D eigenvalue weighted by Gasteiger charge is 2.19. The fraction of sp³-hybridized carbons (Fsp3) is 0.409. The zero-order valence-corrected chi connectivity index (χ0v) is 18.7. The zero-order valence-electron chi connectivity index (χ0n) is 18.0. The molecule has 0 saturated heterocycles. The summed E-state index contributed by atoms with van der Waals surface area (Å²) in [6.07, 6.45) is 1.89. The van der Waals surface area contributed by atoms with Gasteiger partial charge in [-0.15, -0.1) is 0 Å². The fourth-order valence-electron chi connectivity index (χ4n) is 2.78. The summed E-state index contributed by atoms with van der Waals surface area (Å²) in [5.74, 6) is 1.80. The van der Waals surface area contributed by atoms with Crippen LogP contribution in [0.15, 0.2) is 24.3 Å². The molecule has 0 aliphatic rings. The summed E-state index contributed by atoms with van der Waals surface area (Å²) >= 11 is 6.39. The minimum atomic E-state index is -0.368. The van der Waals surface area contributed by atoms with Crippen LogP contribution < -0.4 is 29.0 Å². The number of rotatable bonds is 11. The van der Waals surface area contributed by atoms with Gasteiger partial charge in [0.1, 0.15) is 0 Å². The number of carbonyl (C=O) groups is 1. The minimum absolute atomic E-state index is 0.312. The maximum absolute atomic E-state index is 12.9. The maximum Gasteiger partial charge on any atom is 0.255 e. The summed E-state index contributed by atoms with van der Waals surface area (Å²) in [6.45, 7) is 4.86. The van der Waals surface area contributed by atoms with Crippen molar-refractivity contribution >= 4 is 23.2 Å². The fourth-order valence-corrected chi connectivity index (χ4v) is 3.04. The molecular weight excluding hydrogens is 410 g/mol. The molecule has 0 spiro atoms. The Kier molecular flexibility index (Phi) is 8.92. The molecule has 0 atom stereocenters. The van der Waals surface area contributed by atoms with Crippen molar-refractivity contribution in [2.24, 2.45) is 0 Å². The second kappa shape index (κ2) is 11.4. The third-order valence-electron chi connectivity index (χ3n) is 4.24. The van der Waals surface area contributed by atoms with Gasteiger partial charge in [0.2, 0.25) is 5.75 Å². The average molecular weight is 438 g/mol. The first-order valence-corrected chi connectivity index (χ1v) is 10.1. The molecule has 0 heterocycles. The van der Waals surface area contributed by atoms with Crippen molar-refractivity contribution < 1.29 is 28.5 Å². The first-order chi connectivity index (χ1) is 14.5. The molecule has 2 aromatic rings. The summed E-state index contributed by atoms with van der Waals surface area (Å²) in [5.41, 5.74) is 0.812. The summed E-state index contributed by atoms with van der Waals surface area (Å²) in [4.78, 5) is 12.9. The van der Waals surface area contributed by atoms with Crippen LogP contribution in [0.5, 0.6) is 28.7 Å². The molecule has 7 nitrogen and oxygen atoms in total. The van der Waals surface area contributed by atoms with E-state index in [1.54, 1.807) is 24.3 Å². The molecule has 0 unspecified atom stereocenters. The molecular formula is C22H28ClNO6. The Morgan fingerprint density at radius 3 is 2.10 bits per heavy atom. The number of nitrogens with one attached hydrogen (secondary N) is 1. The van der Waals surface area contributed by atoms with Crippen molar-refractivity contribution in [1.82, 2.24) is 0 Å². The molecule has 0 aliphatic heterocycles. The number of hydrogen-bond acceptors (Lipinski definition) is 6. The van der Waals surface area contributed by atoms with E-state index in [1.807, 2.05) is 6.92 Å². The number of hydrogen-bond donors (Lipinski definition) is 1. The van der Waals surface area contributed by atoms with Crippen molar-refractivity contribution in [3.05, 3.63) is 34.9 Å². The first kappa shape index (κ1) is 23.5. The largest absolute Gasteiger partial charge is 0.493 e. The summed E-state index contributed by atoms with van der Waals surface area (Å²) < 4.78 is 27.4. The molecule has 0 fully saturated rings. The Morgan fingerprint density at radius 2 is 1.57 bits per heavy atom. The predicted molar refractivity (Wildman–Crippen MR) is 117 cm³/mol. The van der Waals surface area contributed by atoms with Gasteiger partial charge in [0.05, 0.1) is 39.6 Å². The van der Waals surface area contributed by atoms with Crippen molar-refractivity contribution in [1.29, 1.82) is 0 Å². The molecule has 0 aliphatic carbocycles. The standard InChI is InChI=1S/C22H28ClNO6/c1-6-8-9-30-20-16(23)10-14(11-19(20)29-7-2)22(25)24-15-12-17(26-3)21(28-5)18(13-15)27-4/h10-13H,6-9H2,1-5H3,(H,24,25). The molecule has 0 aromatic heterocycles. The molecule has 30 heavy (non-hydrogen) atoms. The Balaban J connectivity index is 2.32. The van der Waals surface area contributed by atoms with Gasteiger partial charge >= 0.3 is 0 Å². The quantitative estimate of drug-likeness (QED) is 0.487. The summed E-state index contributed by atoms with van der Waals surface area (Å²) in [6, 6.07) is 6.46. The lowest BCUT2D eigenvalue weighted by atomic mass is 10.1. The normalized spacial score (nSPS) is 10.3. The molecule has 2 aromatic carbocycles. The molecule has 0 saturated carbocycles. The number of anilines is 1. The Labute approximate surface area is 182 Å². The van der Waals surface area contributed by atoms with Crippen LogP contribution in [0, 0.1) is 0 Å². The van der Waals surface area contributed by atoms with E-state index in [4.69, 9.17) is 35.3 Å². The minimum Gasteiger partial charge on any atom is -0.493 e. The van der Waals surface area contributed by atoms with Crippen molar-refractivity contribution in [2.75, 3.05) is 39.9 Å². The molecule has 1 amide bonds. The second-order valence-corrected chi connectivity index (χ2v) is 6.70. The molecule has 8 heteroatoms. The Morgan fingerprint density at radius 1 is 0.900 bits per heavy atom. The first-order valence-electron chi connectivity index (χ1n) is 9.69. The van der Waals surface area contributed by atoms with Crippen LogP contribution in [-0.4, -0.2) is 40.5 Å². The highest BCUT2D eigenvalue weighted by molar-refractivity contribution is 6.32. The second-order valence-electron chi connectivity index (χ2n) is 6.29. The lowest BCUT2D eigenvalue weighted by Gasteiger charge is -2.16. The molecule has 164 valence electrons. The van der Waals surface area contributed by atoms with Gasteiger partial charge in [-0.2, -0.15) is 0 Å². The highest BCUT2D eigenvalue weighted by atomic mass is 35.5. The molecule has 1 N–H and O–H groups in total. The monoisotopic (exact) mass is 437 g/mol. The number of methoxy groups -OCH3 is 3. The van der Waals surface area contributed by atoms with Gasteiger partial charge in [0, 0.05) is 23.4 Å². The third kappa shape index (κ3) is 5.63. The van der Waals surface area contributed by atoms with E-state index in [0.29, 0.717) is 58.2 Å². The van der Waals surface area contributed by atoms with Crippen molar-refractivity contribution in [3.8, 4) is 28.7 Å². The lowest BCUT2D eigenvalue weighted by molar-refractivity contribution is 0.102. The number of benzene rings is 2. The van der Waals surface area contributed by atoms with Crippen LogP contribution in [-0.2, 0) is 0 Å². The van der Waals surface area contributed by atoms with Crippen LogP contribution in [0.25, 0.3) is 0 Å². The van der Waals surface area contributed by atoms with Gasteiger partial charge in [-0.1, -0.05) is 24.9 Å². The van der Waals surface area contributed by atoms with Gasteiger partial charge in [-0.3, -0.25) is 4.79 Å². The van der Waals surface area contributed by atoms with E-state index in [2.05, 4.69) is 12.2 Å². The van der Waals surface area contributed by atoms with Crippen LogP contribution >= 0.6 is 11.6 Å². The maximum atomic E-state index is 12.9. The number of unbranched alkanes of at least 4 members (excludes halogenated alkanes) is 1. The van der Waals surface area contributed by atoms with Crippen LogP contribution in [0.1, 0.15) is 37.0 Å². The zero-order chi connectivity index (χ0) is 22.1. The molecule has 0 bridgehead atoms. The third-order valence-corrected chi connectivity index (χ3v) is 4.52. The van der Waals surface area contributed by atoms with E-state index in [1.165, 1.54) is 21.3 Å². The van der Waals surface area contributed by atoms with Gasteiger partial charge in [-0.25, -0.2) is 0 Å². The van der Waals surface area contributed by atoms with E-state index >= 15 is 0 Å². The average Bonchev–Trinajstić information content (AvgIpc) is 2.74. The van der Waals surface area contributed by atoms with Gasteiger partial charge in [-0.05, 0) is 25.5 Å². The van der Waals surface area contributed by atoms with Gasteiger partial charge in [0.15, 0.2) is 23.0 Å².